The summed E-state index contributed by atoms with van der Waals surface area (Å²) in [5.41, 5.74) is 51.0. The van der Waals surface area contributed by atoms with E-state index in [1.54, 1.807) is 13.8 Å². The maximum atomic E-state index is 9.92. The van der Waals surface area contributed by atoms with Crippen LogP contribution in [0.4, 0.5) is 0 Å². The van der Waals surface area contributed by atoms with E-state index in [1.807, 2.05) is 83.2 Å². The topological polar surface area (TPSA) is 406 Å². The van der Waals surface area contributed by atoms with Gasteiger partial charge in [-0.1, -0.05) is 102 Å². The van der Waals surface area contributed by atoms with E-state index in [9.17, 15) is 4.79 Å². The van der Waals surface area contributed by atoms with Crippen LogP contribution in [0.5, 0.6) is 0 Å². The fraction of sp³-hybridized carbons (Fsp3) is 0.838. The van der Waals surface area contributed by atoms with Crippen LogP contribution in [0.3, 0.4) is 0 Å². The molecule has 1 amide bonds. The molecule has 0 rings (SSSR count). The molecular weight excluding hydrogens is 715 g/mol. The average molecular weight is 812 g/mol. The van der Waals surface area contributed by atoms with Crippen molar-refractivity contribution in [3.8, 4) is 0 Å². The van der Waals surface area contributed by atoms with Gasteiger partial charge < -0.3 is 67.9 Å². The summed E-state index contributed by atoms with van der Waals surface area (Å²) < 4.78 is 0. The lowest BCUT2D eigenvalue weighted by Gasteiger charge is -2.05. The van der Waals surface area contributed by atoms with Crippen molar-refractivity contribution in [2.45, 2.75) is 162 Å². The fourth-order valence-corrected chi connectivity index (χ4v) is 0.862. The number of nitrogens with two attached hydrogens (primary N) is 10. The lowest BCUT2D eigenvalue weighted by atomic mass is 10.1. The van der Waals surface area contributed by atoms with Crippen molar-refractivity contribution in [2.24, 2.45) is 102 Å². The minimum atomic E-state index is -0.241. The van der Waals surface area contributed by atoms with Gasteiger partial charge in [-0.2, -0.15) is 0 Å². The molecule has 0 fully saturated rings. The molecule has 19 heteroatoms. The third-order valence-electron chi connectivity index (χ3n) is 5.07. The molecule has 0 heterocycles. The molecular formula is C37H97N17O2. The number of rotatable bonds is 8. The van der Waals surface area contributed by atoms with Gasteiger partial charge in [-0.3, -0.25) is 30.9 Å². The van der Waals surface area contributed by atoms with Crippen LogP contribution in [0.2, 0.25) is 0 Å². The molecule has 0 radical (unpaired) electrons. The number of hydrogen-bond acceptors (Lipinski definition) is 11. The molecule has 342 valence electrons. The van der Waals surface area contributed by atoms with E-state index in [2.05, 4.69) is 67.3 Å². The molecule has 0 aliphatic heterocycles. The normalized spacial score (nSPS) is 10.8. The van der Waals surface area contributed by atoms with Gasteiger partial charge in [0.05, 0.1) is 5.84 Å². The monoisotopic (exact) mass is 812 g/mol. The zero-order valence-electron chi connectivity index (χ0n) is 39.5. The Balaban J connectivity index is -0.0000000641. The highest BCUT2D eigenvalue weighted by Gasteiger charge is 1.97. The maximum absolute atomic E-state index is 9.92. The van der Waals surface area contributed by atoms with E-state index < -0.39 is 0 Å². The van der Waals surface area contributed by atoms with Crippen LogP contribution in [0.15, 0.2) is 15.1 Å². The van der Waals surface area contributed by atoms with Crippen molar-refractivity contribution < 1.29 is 10.0 Å². The zero-order chi connectivity index (χ0) is 47.5. The number of oxime groups is 1. The Morgan fingerprint density at radius 2 is 0.911 bits per heavy atom. The molecule has 0 aromatic heterocycles. The average Bonchev–Trinajstić information content (AvgIpc) is 3.00. The molecule has 0 bridgehead atoms. The van der Waals surface area contributed by atoms with E-state index in [1.165, 1.54) is 0 Å². The third-order valence-corrected chi connectivity index (χ3v) is 5.07. The Bertz CT molecular complexity index is 907. The number of amides is 1. The van der Waals surface area contributed by atoms with Gasteiger partial charge in [-0.25, -0.2) is 0 Å². The second kappa shape index (κ2) is 51.1. The number of carbonyl (C=O) groups excluding carboxylic acids is 1. The predicted molar refractivity (Wildman–Crippen MR) is 248 cm³/mol. The van der Waals surface area contributed by atoms with Gasteiger partial charge in [0.2, 0.25) is 5.91 Å². The number of carbonyl (C=O) groups is 1. The second-order valence-electron chi connectivity index (χ2n) is 15.1. The largest absolute Gasteiger partial charge is 0.409 e. The minimum absolute atomic E-state index is 0.00926. The summed E-state index contributed by atoms with van der Waals surface area (Å²) in [5.74, 6) is 2.09. The molecule has 25 N–H and O–H groups in total. The molecule has 0 saturated heterocycles. The minimum Gasteiger partial charge on any atom is -0.409 e. The van der Waals surface area contributed by atoms with Gasteiger partial charge in [0.1, 0.15) is 5.84 Å². The number of nitrogens with zero attached hydrogens (tertiary/aromatic N) is 3. The van der Waals surface area contributed by atoms with Crippen LogP contribution < -0.4 is 68.0 Å². The number of nitrogens with one attached hydrogen (secondary N) is 4. The molecule has 56 heavy (non-hydrogen) atoms. The first-order valence-electron chi connectivity index (χ1n) is 19.1. The number of primary amides is 1. The van der Waals surface area contributed by atoms with Gasteiger partial charge in [-0.05, 0) is 66.1 Å². The van der Waals surface area contributed by atoms with Crippen molar-refractivity contribution in [3.05, 3.63) is 0 Å². The third kappa shape index (κ3) is 133. The van der Waals surface area contributed by atoms with E-state index in [0.29, 0.717) is 30.0 Å². The molecule has 0 aromatic carbocycles. The van der Waals surface area contributed by atoms with Crippen LogP contribution in [-0.2, 0) is 4.79 Å². The highest BCUT2D eigenvalue weighted by molar-refractivity contribution is 5.95. The van der Waals surface area contributed by atoms with Crippen molar-refractivity contribution in [1.82, 2.24) is 10.6 Å². The molecule has 1 unspecified atom stereocenters. The van der Waals surface area contributed by atoms with Crippen molar-refractivity contribution in [1.29, 1.82) is 10.8 Å². The van der Waals surface area contributed by atoms with Crippen LogP contribution in [0.1, 0.15) is 132 Å². The van der Waals surface area contributed by atoms with Crippen LogP contribution in [-0.4, -0.2) is 84.5 Å². The molecule has 19 nitrogen and oxygen atoms in total. The summed E-state index contributed by atoms with van der Waals surface area (Å²) in [4.78, 5) is 17.6. The molecule has 0 aliphatic carbocycles. The summed E-state index contributed by atoms with van der Waals surface area (Å²) in [7, 11) is 1.95. The first-order chi connectivity index (χ1) is 25.0. The standard InChI is InChI=1S/C5H13N5.C5H13N.C4H11N3.C4H10N2O.C4H10N2.C4H9NO.2C4H11N.C3H9N/c1-3(2)9-5(8)10-4(6)7;1-4(2)5(3)6;1-3(2)7-4(5)6;1-3(2)4(5)6-7;2*1-3(2)4(5)6;1-4(2)5-3;1-4(2)3-5;1-3(2)4/h3H,1-2H3,(H6,6,7,8,9,10);4-5H,6H2,1-3H3;3H,1-2H3,(H4,5,6,7);3,7H,1-2H3,(H2,5,6);3H,1-2H3,(H3,5,6);3H,1-2H3,(H2,5,6);4-5H,1-3H3;4H,3,5H2,1-2H3;3H,4H2,1-2H3. The first kappa shape index (κ1) is 73.2. The quantitative estimate of drug-likeness (QED) is 0.0726. The zero-order valence-corrected chi connectivity index (χ0v) is 39.5. The van der Waals surface area contributed by atoms with Crippen molar-refractivity contribution >= 4 is 35.5 Å². The summed E-state index contributed by atoms with van der Waals surface area (Å²) in [6.07, 6.45) is 0. The molecule has 0 saturated carbocycles. The Kier molecular flexibility index (Phi) is 66.7. The maximum Gasteiger partial charge on any atom is 0.219 e. The Morgan fingerprint density at radius 3 is 0.964 bits per heavy atom. The molecule has 0 aliphatic rings. The van der Waals surface area contributed by atoms with Crippen LogP contribution in [0, 0.1) is 40.4 Å². The SMILES string of the molecule is CC(C)/C(N)=N/O.CC(C)C(=N)N.CC(C)C(C)N.CC(C)C(N)=O.CC(C)CN.CC(C)N.CC(C)N=C(N)N.CC(C)N=C(N)NC(=N)N.CNC(C)C. The summed E-state index contributed by atoms with van der Waals surface area (Å²) in [6.45, 7) is 38.0. The van der Waals surface area contributed by atoms with Gasteiger partial charge >= 0.3 is 0 Å². The van der Waals surface area contributed by atoms with Crippen molar-refractivity contribution in [2.75, 3.05) is 13.6 Å². The highest BCUT2D eigenvalue weighted by Crippen LogP contribution is 1.93. The van der Waals surface area contributed by atoms with Crippen LogP contribution in [0.25, 0.3) is 0 Å². The van der Waals surface area contributed by atoms with Gasteiger partial charge in [0, 0.05) is 41.9 Å². The van der Waals surface area contributed by atoms with E-state index >= 15 is 0 Å². The van der Waals surface area contributed by atoms with Crippen LogP contribution >= 0.6 is 0 Å². The van der Waals surface area contributed by atoms with Gasteiger partial charge in [0.15, 0.2) is 17.9 Å². The Hall–Kier alpha value is -3.94. The number of aliphatic imine (C=N–C) groups is 2. The fourth-order valence-electron chi connectivity index (χ4n) is 0.862. The lowest BCUT2D eigenvalue weighted by Crippen LogP contribution is -2.41. The first-order valence-corrected chi connectivity index (χ1v) is 19.1. The van der Waals surface area contributed by atoms with Gasteiger partial charge in [0.25, 0.3) is 0 Å². The van der Waals surface area contributed by atoms with Crippen molar-refractivity contribution in [3.63, 3.8) is 0 Å². The lowest BCUT2D eigenvalue weighted by molar-refractivity contribution is -0.120. The Morgan fingerprint density at radius 1 is 0.643 bits per heavy atom. The summed E-state index contributed by atoms with van der Waals surface area (Å²) in [5, 5.41) is 29.6. The predicted octanol–water partition coefficient (Wildman–Crippen LogP) is 2.51. The number of amidine groups is 2. The van der Waals surface area contributed by atoms with E-state index in [0.717, 1.165) is 6.54 Å². The van der Waals surface area contributed by atoms with E-state index in [4.69, 9.17) is 73.4 Å². The highest BCUT2D eigenvalue weighted by atomic mass is 16.4. The second-order valence-corrected chi connectivity index (χ2v) is 15.1. The summed E-state index contributed by atoms with van der Waals surface area (Å²) >= 11 is 0. The van der Waals surface area contributed by atoms with Gasteiger partial charge in [-0.15, -0.1) is 0 Å². The Labute approximate surface area is 343 Å². The van der Waals surface area contributed by atoms with E-state index in [-0.39, 0.29) is 65.3 Å². The summed E-state index contributed by atoms with van der Waals surface area (Å²) in [6, 6.07) is 1.65. The molecule has 1 atom stereocenters. The molecule has 0 spiro atoms. The molecule has 0 aromatic rings. The smallest absolute Gasteiger partial charge is 0.219 e. The number of hydrogen-bond donors (Lipinski definition) is 15. The number of guanidine groups is 3.